The Kier molecular flexibility index (Phi) is 5.91. The van der Waals surface area contributed by atoms with Crippen molar-refractivity contribution in [1.82, 2.24) is 0 Å². The molecular formula is C24H27BrO4. The van der Waals surface area contributed by atoms with Gasteiger partial charge in [0, 0.05) is 16.5 Å². The highest BCUT2D eigenvalue weighted by atomic mass is 79.9. The van der Waals surface area contributed by atoms with Crippen molar-refractivity contribution in [2.24, 2.45) is 0 Å². The third-order valence-electron chi connectivity index (χ3n) is 5.96. The van der Waals surface area contributed by atoms with E-state index >= 15 is 0 Å². The number of hydrogen-bond acceptors (Lipinski definition) is 3. The third-order valence-corrected chi connectivity index (χ3v) is 6.57. The number of ketones is 1. The van der Waals surface area contributed by atoms with Crippen LogP contribution in [-0.4, -0.2) is 23.5 Å². The maximum atomic E-state index is 13.2. The van der Waals surface area contributed by atoms with Crippen LogP contribution in [0.25, 0.3) is 0 Å². The number of Topliss-reactive ketones (excluding diaryl/α,β-unsaturated/α-hetero) is 1. The smallest absolute Gasteiger partial charge is 0.335 e. The number of benzene rings is 2. The van der Waals surface area contributed by atoms with E-state index < -0.39 is 5.97 Å². The molecule has 0 heterocycles. The Morgan fingerprint density at radius 2 is 1.76 bits per heavy atom. The largest absolute Gasteiger partial charge is 0.485 e. The van der Waals surface area contributed by atoms with Gasteiger partial charge in [-0.25, -0.2) is 4.79 Å². The molecule has 0 amide bonds. The molecule has 0 atom stereocenters. The van der Waals surface area contributed by atoms with Crippen molar-refractivity contribution in [3.8, 4) is 5.75 Å². The van der Waals surface area contributed by atoms with Crippen molar-refractivity contribution in [1.29, 1.82) is 0 Å². The quantitative estimate of drug-likeness (QED) is 0.432. The summed E-state index contributed by atoms with van der Waals surface area (Å²) in [5.74, 6) is -0.697. The molecule has 0 bridgehead atoms. The number of carbonyl (C=O) groups is 2. The van der Waals surface area contributed by atoms with Gasteiger partial charge in [0.15, 0.2) is 6.61 Å². The van der Waals surface area contributed by atoms with Gasteiger partial charge in [-0.3, -0.25) is 4.79 Å². The summed E-state index contributed by atoms with van der Waals surface area (Å²) in [6.07, 6.45) is 2.10. The zero-order chi connectivity index (χ0) is 21.4. The lowest BCUT2D eigenvalue weighted by atomic mass is 9.62. The first kappa shape index (κ1) is 21.6. The molecule has 0 spiro atoms. The van der Waals surface area contributed by atoms with Crippen LogP contribution in [0.1, 0.15) is 77.9 Å². The number of alkyl halides is 1. The van der Waals surface area contributed by atoms with E-state index in [1.807, 2.05) is 12.1 Å². The Labute approximate surface area is 180 Å². The number of ether oxygens (including phenoxy) is 1. The van der Waals surface area contributed by atoms with Gasteiger partial charge >= 0.3 is 5.97 Å². The molecule has 1 aliphatic rings. The maximum Gasteiger partial charge on any atom is 0.335 e. The number of hydrogen-bond donors (Lipinski definition) is 1. The van der Waals surface area contributed by atoms with E-state index in [4.69, 9.17) is 4.74 Å². The van der Waals surface area contributed by atoms with E-state index in [0.29, 0.717) is 16.6 Å². The fraction of sp³-hybridized carbons (Fsp3) is 0.417. The molecule has 4 nitrogen and oxygen atoms in total. The number of aromatic carboxylic acids is 1. The topological polar surface area (TPSA) is 63.6 Å². The van der Waals surface area contributed by atoms with Crippen LogP contribution < -0.4 is 4.74 Å². The van der Waals surface area contributed by atoms with Crippen LogP contribution in [0.15, 0.2) is 36.4 Å². The van der Waals surface area contributed by atoms with Gasteiger partial charge in [0.25, 0.3) is 0 Å². The van der Waals surface area contributed by atoms with Gasteiger partial charge in [-0.15, -0.1) is 0 Å². The number of carboxylic acids is 1. The first-order chi connectivity index (χ1) is 13.6. The van der Waals surface area contributed by atoms with Crippen LogP contribution >= 0.6 is 15.9 Å². The van der Waals surface area contributed by atoms with Crippen LogP contribution in [0.2, 0.25) is 0 Å². The lowest BCUT2D eigenvalue weighted by Crippen LogP contribution is -2.36. The Balaban J connectivity index is 1.92. The zero-order valence-corrected chi connectivity index (χ0v) is 18.9. The molecule has 0 aliphatic heterocycles. The minimum absolute atomic E-state index is 0.0287. The number of carboxylic acid groups (broad SMARTS) is 1. The minimum Gasteiger partial charge on any atom is -0.485 e. The molecule has 0 fully saturated rings. The molecule has 0 saturated heterocycles. The molecule has 5 heteroatoms. The number of rotatable bonds is 6. The fourth-order valence-electron chi connectivity index (χ4n) is 4.12. The third kappa shape index (κ3) is 4.25. The van der Waals surface area contributed by atoms with E-state index in [9.17, 15) is 14.7 Å². The predicted molar refractivity (Wildman–Crippen MR) is 118 cm³/mol. The highest BCUT2D eigenvalue weighted by Gasteiger charge is 2.39. The monoisotopic (exact) mass is 458 g/mol. The van der Waals surface area contributed by atoms with Gasteiger partial charge in [0.05, 0.1) is 5.56 Å². The van der Waals surface area contributed by atoms with E-state index in [0.717, 1.165) is 24.0 Å². The Bertz CT molecular complexity index is 959. The van der Waals surface area contributed by atoms with Gasteiger partial charge in [-0.2, -0.15) is 0 Å². The highest BCUT2D eigenvalue weighted by Crippen LogP contribution is 2.47. The summed E-state index contributed by atoms with van der Waals surface area (Å²) in [5.41, 5.74) is 3.94. The van der Waals surface area contributed by atoms with Crippen molar-refractivity contribution in [2.45, 2.75) is 56.7 Å². The van der Waals surface area contributed by atoms with Crippen LogP contribution in [0.4, 0.5) is 0 Å². The van der Waals surface area contributed by atoms with Crippen molar-refractivity contribution in [3.63, 3.8) is 0 Å². The second-order valence-electron chi connectivity index (χ2n) is 8.97. The number of halogens is 1. The van der Waals surface area contributed by atoms with E-state index in [1.54, 1.807) is 6.07 Å². The first-order valence-corrected chi connectivity index (χ1v) is 10.9. The van der Waals surface area contributed by atoms with Crippen LogP contribution in [0.3, 0.4) is 0 Å². The average Bonchev–Trinajstić information content (AvgIpc) is 2.69. The Hall–Kier alpha value is -2.14. The molecule has 1 N–H and O–H groups in total. The minimum atomic E-state index is -1.02. The fourth-order valence-corrected chi connectivity index (χ4v) is 4.58. The van der Waals surface area contributed by atoms with Crippen LogP contribution in [-0.2, 0) is 16.2 Å². The standard InChI is InChI=1S/C24H27BrO4/c1-23(2)10-11-24(3,4)21-17(6-5-7-18(21)23)19(26)14-29-20-12-15(22(27)28)8-9-16(20)13-25/h5-9,12H,10-11,13-14H2,1-4H3,(H,27,28). The van der Waals surface area contributed by atoms with Crippen molar-refractivity contribution >= 4 is 27.7 Å². The lowest BCUT2D eigenvalue weighted by molar-refractivity contribution is 0.0696. The summed E-state index contributed by atoms with van der Waals surface area (Å²) in [7, 11) is 0. The predicted octanol–water partition coefficient (Wildman–Crippen LogP) is 5.89. The maximum absolute atomic E-state index is 13.2. The van der Waals surface area contributed by atoms with Crippen LogP contribution in [0.5, 0.6) is 5.75 Å². The summed E-state index contributed by atoms with van der Waals surface area (Å²) in [5, 5.41) is 9.75. The molecule has 0 unspecified atom stereocenters. The Morgan fingerprint density at radius 3 is 2.41 bits per heavy atom. The van der Waals surface area contributed by atoms with Crippen molar-refractivity contribution in [2.75, 3.05) is 6.61 Å². The summed E-state index contributed by atoms with van der Waals surface area (Å²) in [6, 6.07) is 10.7. The lowest BCUT2D eigenvalue weighted by Gasteiger charge is -2.42. The van der Waals surface area contributed by atoms with Crippen molar-refractivity contribution in [3.05, 3.63) is 64.2 Å². The van der Waals surface area contributed by atoms with Gasteiger partial charge in [-0.05, 0) is 46.9 Å². The molecule has 3 rings (SSSR count). The van der Waals surface area contributed by atoms with E-state index in [1.165, 1.54) is 17.7 Å². The van der Waals surface area contributed by atoms with Gasteiger partial charge in [0.2, 0.25) is 5.78 Å². The summed E-state index contributed by atoms with van der Waals surface area (Å²) in [6.45, 7) is 8.71. The SMILES string of the molecule is CC1(C)CCC(C)(C)c2c(C(=O)COc3cc(C(=O)O)ccc3CBr)cccc21. The molecule has 2 aromatic rings. The second kappa shape index (κ2) is 7.94. The van der Waals surface area contributed by atoms with Gasteiger partial charge < -0.3 is 9.84 Å². The van der Waals surface area contributed by atoms with E-state index in [2.05, 4.69) is 49.7 Å². The molecule has 0 aromatic heterocycles. The molecule has 0 saturated carbocycles. The molecule has 2 aromatic carbocycles. The van der Waals surface area contributed by atoms with Crippen LogP contribution in [0, 0.1) is 0 Å². The second-order valence-corrected chi connectivity index (χ2v) is 9.53. The summed E-state index contributed by atoms with van der Waals surface area (Å²) >= 11 is 3.39. The van der Waals surface area contributed by atoms with Gasteiger partial charge in [0.1, 0.15) is 5.75 Å². The summed E-state index contributed by atoms with van der Waals surface area (Å²) in [4.78, 5) is 24.4. The van der Waals surface area contributed by atoms with E-state index in [-0.39, 0.29) is 28.8 Å². The summed E-state index contributed by atoms with van der Waals surface area (Å²) < 4.78 is 5.80. The zero-order valence-electron chi connectivity index (χ0n) is 17.3. The molecule has 29 heavy (non-hydrogen) atoms. The highest BCUT2D eigenvalue weighted by molar-refractivity contribution is 9.08. The molecule has 0 radical (unpaired) electrons. The number of fused-ring (bicyclic) bond motifs is 1. The molecule has 154 valence electrons. The number of carbonyl (C=O) groups excluding carboxylic acids is 1. The van der Waals surface area contributed by atoms with Crippen molar-refractivity contribution < 1.29 is 19.4 Å². The normalized spacial score (nSPS) is 16.7. The first-order valence-electron chi connectivity index (χ1n) is 9.79. The average molecular weight is 459 g/mol. The molecule has 1 aliphatic carbocycles. The van der Waals surface area contributed by atoms with Gasteiger partial charge in [-0.1, -0.05) is 67.9 Å². The molecular weight excluding hydrogens is 432 g/mol. The Morgan fingerprint density at radius 1 is 1.07 bits per heavy atom.